The van der Waals surface area contributed by atoms with Gasteiger partial charge in [0.15, 0.2) is 0 Å². The van der Waals surface area contributed by atoms with E-state index in [0.717, 1.165) is 11.3 Å². The molecule has 0 bridgehead atoms. The molecule has 4 rings (SSSR count). The van der Waals surface area contributed by atoms with E-state index in [4.69, 9.17) is 4.52 Å². The van der Waals surface area contributed by atoms with Crippen molar-refractivity contribution in [3.8, 4) is 17.1 Å². The molecule has 0 unspecified atom stereocenters. The van der Waals surface area contributed by atoms with E-state index in [1.807, 2.05) is 36.4 Å². The van der Waals surface area contributed by atoms with Crippen molar-refractivity contribution in [2.24, 2.45) is 0 Å². The lowest BCUT2D eigenvalue weighted by Gasteiger charge is -2.06. The van der Waals surface area contributed by atoms with Gasteiger partial charge in [0.05, 0.1) is 11.4 Å². The summed E-state index contributed by atoms with van der Waals surface area (Å²) < 4.78 is 7.05. The van der Waals surface area contributed by atoms with Crippen LogP contribution in [0.2, 0.25) is 0 Å². The van der Waals surface area contributed by atoms with Crippen LogP contribution >= 0.6 is 11.8 Å². The molecule has 0 spiro atoms. The second-order valence-corrected chi connectivity index (χ2v) is 6.75. The predicted octanol–water partition coefficient (Wildman–Crippen LogP) is 3.62. The molecule has 8 heteroatoms. The zero-order valence-electron chi connectivity index (χ0n) is 14.3. The Bertz CT molecular complexity index is 1030. The summed E-state index contributed by atoms with van der Waals surface area (Å²) >= 11 is 1.45. The van der Waals surface area contributed by atoms with E-state index in [9.17, 15) is 0 Å². The van der Waals surface area contributed by atoms with Crippen molar-refractivity contribution in [2.75, 3.05) is 0 Å². The Hall–Kier alpha value is -3.00. The SMILES string of the molecule is Cc1ccc(-n2nnnc2SCc2nc(-c3ccccc3)no2)cc1C. The number of nitrogens with zero attached hydrogens (tertiary/aromatic N) is 6. The molecule has 0 radical (unpaired) electrons. The molecule has 7 nitrogen and oxygen atoms in total. The first-order chi connectivity index (χ1) is 12.7. The molecule has 4 aromatic rings. The molecule has 26 heavy (non-hydrogen) atoms. The van der Waals surface area contributed by atoms with Gasteiger partial charge in [-0.3, -0.25) is 0 Å². The van der Waals surface area contributed by atoms with E-state index in [2.05, 4.69) is 51.6 Å². The monoisotopic (exact) mass is 364 g/mol. The van der Waals surface area contributed by atoms with Gasteiger partial charge in [-0.2, -0.15) is 9.67 Å². The predicted molar refractivity (Wildman–Crippen MR) is 97.9 cm³/mol. The van der Waals surface area contributed by atoms with Gasteiger partial charge in [0.1, 0.15) is 0 Å². The van der Waals surface area contributed by atoms with Crippen molar-refractivity contribution < 1.29 is 4.52 Å². The average molecular weight is 364 g/mol. The van der Waals surface area contributed by atoms with Gasteiger partial charge < -0.3 is 4.52 Å². The molecule has 2 aromatic heterocycles. The standard InChI is InChI=1S/C18H16N6OS/c1-12-8-9-15(10-13(12)2)24-18(20-22-23-24)26-11-16-19-17(21-25-16)14-6-4-3-5-7-14/h3-10H,11H2,1-2H3. The largest absolute Gasteiger partial charge is 0.338 e. The van der Waals surface area contributed by atoms with Crippen molar-refractivity contribution >= 4 is 11.8 Å². The first kappa shape index (κ1) is 16.5. The second-order valence-electron chi connectivity index (χ2n) is 5.81. The number of tetrazole rings is 1. The normalized spacial score (nSPS) is 11.0. The fourth-order valence-corrected chi connectivity index (χ4v) is 3.16. The molecule has 0 saturated heterocycles. The lowest BCUT2D eigenvalue weighted by atomic mass is 10.1. The number of rotatable bonds is 5. The van der Waals surface area contributed by atoms with E-state index >= 15 is 0 Å². The van der Waals surface area contributed by atoms with Crippen LogP contribution in [0.3, 0.4) is 0 Å². The van der Waals surface area contributed by atoms with Gasteiger partial charge >= 0.3 is 0 Å². The summed E-state index contributed by atoms with van der Waals surface area (Å²) in [5, 5.41) is 16.7. The third-order valence-corrected chi connectivity index (χ3v) is 4.90. The summed E-state index contributed by atoms with van der Waals surface area (Å²) in [6, 6.07) is 15.9. The summed E-state index contributed by atoms with van der Waals surface area (Å²) in [6.45, 7) is 4.15. The summed E-state index contributed by atoms with van der Waals surface area (Å²) in [5.41, 5.74) is 4.28. The molecular formula is C18H16N6OS. The topological polar surface area (TPSA) is 82.5 Å². The van der Waals surface area contributed by atoms with E-state index in [-0.39, 0.29) is 0 Å². The second kappa shape index (κ2) is 7.09. The molecule has 0 saturated carbocycles. The minimum Gasteiger partial charge on any atom is -0.338 e. The van der Waals surface area contributed by atoms with Crippen LogP contribution in [0.1, 0.15) is 17.0 Å². The smallest absolute Gasteiger partial charge is 0.237 e. The van der Waals surface area contributed by atoms with Crippen LogP contribution in [-0.4, -0.2) is 30.3 Å². The number of benzene rings is 2. The van der Waals surface area contributed by atoms with Crippen molar-refractivity contribution in [1.29, 1.82) is 0 Å². The Morgan fingerprint density at radius 1 is 1.04 bits per heavy atom. The van der Waals surface area contributed by atoms with Gasteiger partial charge in [-0.25, -0.2) is 0 Å². The molecular weight excluding hydrogens is 348 g/mol. The molecule has 0 atom stereocenters. The van der Waals surface area contributed by atoms with Crippen LogP contribution in [0.25, 0.3) is 17.1 Å². The number of aryl methyl sites for hydroxylation is 2. The van der Waals surface area contributed by atoms with Crippen molar-refractivity contribution in [1.82, 2.24) is 30.3 Å². The quantitative estimate of drug-likeness (QED) is 0.500. The van der Waals surface area contributed by atoms with Crippen LogP contribution in [0, 0.1) is 13.8 Å². The highest BCUT2D eigenvalue weighted by molar-refractivity contribution is 7.98. The van der Waals surface area contributed by atoms with E-state index in [1.54, 1.807) is 4.68 Å². The van der Waals surface area contributed by atoms with Crippen LogP contribution in [0.4, 0.5) is 0 Å². The van der Waals surface area contributed by atoms with Gasteiger partial charge in [-0.1, -0.05) is 53.3 Å². The maximum atomic E-state index is 5.34. The number of thioether (sulfide) groups is 1. The van der Waals surface area contributed by atoms with Gasteiger partial charge in [0, 0.05) is 5.56 Å². The summed E-state index contributed by atoms with van der Waals surface area (Å²) in [5.74, 6) is 1.60. The van der Waals surface area contributed by atoms with Crippen molar-refractivity contribution in [3.63, 3.8) is 0 Å². The number of hydrogen-bond acceptors (Lipinski definition) is 7. The first-order valence-electron chi connectivity index (χ1n) is 8.07. The van der Waals surface area contributed by atoms with Crippen LogP contribution < -0.4 is 0 Å². The van der Waals surface area contributed by atoms with Crippen LogP contribution in [-0.2, 0) is 5.75 Å². The molecule has 2 heterocycles. The molecule has 0 amide bonds. The lowest BCUT2D eigenvalue weighted by Crippen LogP contribution is -2.00. The van der Waals surface area contributed by atoms with Gasteiger partial charge in [-0.15, -0.1) is 5.10 Å². The molecule has 2 aromatic carbocycles. The minimum absolute atomic E-state index is 0.491. The lowest BCUT2D eigenvalue weighted by molar-refractivity contribution is 0.391. The third-order valence-electron chi connectivity index (χ3n) is 4.00. The highest BCUT2D eigenvalue weighted by Gasteiger charge is 2.13. The molecule has 0 aliphatic rings. The molecule has 0 aliphatic heterocycles. The highest BCUT2D eigenvalue weighted by atomic mass is 32.2. The maximum Gasteiger partial charge on any atom is 0.237 e. The average Bonchev–Trinajstić information content (AvgIpc) is 3.32. The molecule has 0 N–H and O–H groups in total. The Balaban J connectivity index is 1.50. The zero-order valence-corrected chi connectivity index (χ0v) is 15.1. The van der Waals surface area contributed by atoms with Crippen LogP contribution in [0.5, 0.6) is 0 Å². The van der Waals surface area contributed by atoms with E-state index < -0.39 is 0 Å². The van der Waals surface area contributed by atoms with E-state index in [0.29, 0.717) is 22.6 Å². The Kier molecular flexibility index (Phi) is 4.49. The minimum atomic E-state index is 0.491. The Morgan fingerprint density at radius 3 is 2.69 bits per heavy atom. The van der Waals surface area contributed by atoms with Gasteiger partial charge in [0.25, 0.3) is 0 Å². The summed E-state index contributed by atoms with van der Waals surface area (Å²) in [7, 11) is 0. The summed E-state index contributed by atoms with van der Waals surface area (Å²) in [6.07, 6.45) is 0. The molecule has 130 valence electrons. The van der Waals surface area contributed by atoms with Crippen molar-refractivity contribution in [2.45, 2.75) is 24.8 Å². The third kappa shape index (κ3) is 3.36. The van der Waals surface area contributed by atoms with Gasteiger partial charge in [-0.05, 0) is 47.5 Å². The Labute approximate surface area is 154 Å². The number of aromatic nitrogens is 6. The Morgan fingerprint density at radius 2 is 1.88 bits per heavy atom. The maximum absolute atomic E-state index is 5.34. The fraction of sp³-hybridized carbons (Fsp3) is 0.167. The van der Waals surface area contributed by atoms with Crippen LogP contribution in [0.15, 0.2) is 58.2 Å². The van der Waals surface area contributed by atoms with E-state index in [1.165, 1.54) is 22.9 Å². The molecule has 0 fully saturated rings. The number of hydrogen-bond donors (Lipinski definition) is 0. The fourth-order valence-electron chi connectivity index (χ4n) is 2.43. The summed E-state index contributed by atoms with van der Waals surface area (Å²) in [4.78, 5) is 4.43. The van der Waals surface area contributed by atoms with Crippen molar-refractivity contribution in [3.05, 3.63) is 65.5 Å². The first-order valence-corrected chi connectivity index (χ1v) is 9.06. The van der Waals surface area contributed by atoms with Gasteiger partial charge in [0.2, 0.25) is 16.9 Å². The zero-order chi connectivity index (χ0) is 17.9. The molecule has 0 aliphatic carbocycles. The highest BCUT2D eigenvalue weighted by Crippen LogP contribution is 2.24.